The van der Waals surface area contributed by atoms with Crippen molar-refractivity contribution in [2.75, 3.05) is 20.8 Å². The van der Waals surface area contributed by atoms with Crippen LogP contribution in [0, 0.1) is 10.1 Å². The van der Waals surface area contributed by atoms with Crippen molar-refractivity contribution in [3.63, 3.8) is 0 Å². The largest absolute Gasteiger partial charge is 0.496 e. The number of halogens is 1. The van der Waals surface area contributed by atoms with E-state index in [1.54, 1.807) is 26.0 Å². The summed E-state index contributed by atoms with van der Waals surface area (Å²) in [5, 5.41) is 11.7. The molecule has 216 valence electrons. The van der Waals surface area contributed by atoms with E-state index < -0.39 is 22.5 Å². The average Bonchev–Trinajstić information content (AvgIpc) is 3.57. The first-order valence-electron chi connectivity index (χ1n) is 12.6. The number of carbonyl (C=O) groups excluding carboxylic acids is 1. The highest BCUT2D eigenvalue weighted by atomic mass is 79.9. The highest BCUT2D eigenvalue weighted by Gasteiger charge is 2.35. The molecule has 0 saturated heterocycles. The van der Waals surface area contributed by atoms with Crippen LogP contribution in [0.15, 0.2) is 78.5 Å². The van der Waals surface area contributed by atoms with Crippen molar-refractivity contribution in [3.05, 3.63) is 105 Å². The second kappa shape index (κ2) is 11.8. The van der Waals surface area contributed by atoms with Gasteiger partial charge in [0.15, 0.2) is 4.80 Å². The number of fused-ring (bicyclic) bond motifs is 1. The number of allylic oxidation sites excluding steroid dienone is 1. The molecule has 0 spiro atoms. The quantitative estimate of drug-likeness (QED) is 0.151. The van der Waals surface area contributed by atoms with E-state index in [1.807, 2.05) is 24.3 Å². The zero-order chi connectivity index (χ0) is 30.1. The molecule has 11 nitrogen and oxygen atoms in total. The first-order chi connectivity index (χ1) is 20.2. The van der Waals surface area contributed by atoms with E-state index in [2.05, 4.69) is 20.9 Å². The van der Waals surface area contributed by atoms with Gasteiger partial charge in [0.2, 0.25) is 5.75 Å². The van der Waals surface area contributed by atoms with E-state index in [0.717, 1.165) is 21.4 Å². The molecule has 0 unspecified atom stereocenters. The van der Waals surface area contributed by atoms with Gasteiger partial charge < -0.3 is 18.6 Å². The molecule has 0 aliphatic carbocycles. The topological polar surface area (TPSA) is 135 Å². The average molecular weight is 654 g/mol. The predicted octanol–water partition coefficient (Wildman–Crippen LogP) is 4.75. The van der Waals surface area contributed by atoms with Crippen LogP contribution in [0.3, 0.4) is 0 Å². The molecular weight excluding hydrogens is 630 g/mol. The molecule has 0 bridgehead atoms. The van der Waals surface area contributed by atoms with Crippen LogP contribution in [-0.4, -0.2) is 36.3 Å². The SMILES string of the molecule is CCOC(=O)C1=C(C)N=c2s/c(=C\c3cc([N+](=O)[O-])c(OC)cc3OC)c(=O)n2[C@@H]1c1ccc(-c2ccc(Br)cc2)o1. The second-order valence-corrected chi connectivity index (χ2v) is 11.0. The van der Waals surface area contributed by atoms with E-state index in [0.29, 0.717) is 27.6 Å². The third kappa shape index (κ3) is 5.28. The van der Waals surface area contributed by atoms with Gasteiger partial charge in [-0.2, -0.15) is 0 Å². The Kier molecular flexibility index (Phi) is 8.14. The number of nitro groups is 1. The number of rotatable bonds is 8. The van der Waals surface area contributed by atoms with Crippen LogP contribution < -0.4 is 24.4 Å². The molecule has 42 heavy (non-hydrogen) atoms. The minimum atomic E-state index is -0.959. The van der Waals surface area contributed by atoms with Crippen LogP contribution in [0.4, 0.5) is 5.69 Å². The number of aromatic nitrogens is 1. The van der Waals surface area contributed by atoms with Crippen molar-refractivity contribution in [1.82, 2.24) is 4.57 Å². The number of nitrogens with zero attached hydrogens (tertiary/aromatic N) is 3. The molecule has 0 radical (unpaired) electrons. The first-order valence-corrected chi connectivity index (χ1v) is 14.2. The maximum Gasteiger partial charge on any atom is 0.338 e. The molecule has 1 aliphatic rings. The van der Waals surface area contributed by atoms with Gasteiger partial charge in [-0.15, -0.1) is 0 Å². The molecule has 1 aliphatic heterocycles. The molecule has 0 N–H and O–H groups in total. The van der Waals surface area contributed by atoms with Gasteiger partial charge in [0.25, 0.3) is 5.56 Å². The zero-order valence-corrected chi connectivity index (χ0v) is 25.3. The van der Waals surface area contributed by atoms with E-state index in [-0.39, 0.29) is 33.9 Å². The Morgan fingerprint density at radius 2 is 1.88 bits per heavy atom. The standard InChI is InChI=1S/C29H24BrN3O8S/c1-5-40-28(35)25-15(2)31-29-32(26(25)21-11-10-20(41-21)16-6-8-18(30)9-7-16)27(34)24(42-29)13-17-12-19(33(36)37)23(39-4)14-22(17)38-3/h6-14,26H,5H2,1-4H3/b24-13-/t26-/m1/s1. The Balaban J connectivity index is 1.71. The van der Waals surface area contributed by atoms with Gasteiger partial charge in [-0.3, -0.25) is 19.5 Å². The van der Waals surface area contributed by atoms with Crippen molar-refractivity contribution in [2.24, 2.45) is 4.99 Å². The fourth-order valence-electron chi connectivity index (χ4n) is 4.63. The fraction of sp³-hybridized carbons (Fsp3) is 0.207. The van der Waals surface area contributed by atoms with E-state index in [4.69, 9.17) is 18.6 Å². The Morgan fingerprint density at radius 3 is 2.52 bits per heavy atom. The van der Waals surface area contributed by atoms with Gasteiger partial charge in [0.05, 0.1) is 41.6 Å². The molecular formula is C29H24BrN3O8S. The second-order valence-electron chi connectivity index (χ2n) is 9.03. The Morgan fingerprint density at radius 1 is 1.17 bits per heavy atom. The lowest BCUT2D eigenvalue weighted by Crippen LogP contribution is -2.39. The summed E-state index contributed by atoms with van der Waals surface area (Å²) in [5.41, 5.74) is 0.898. The summed E-state index contributed by atoms with van der Waals surface area (Å²) < 4.78 is 24.6. The number of methoxy groups -OCH3 is 2. The highest BCUT2D eigenvalue weighted by molar-refractivity contribution is 9.10. The van der Waals surface area contributed by atoms with Crippen molar-refractivity contribution in [2.45, 2.75) is 19.9 Å². The Hall–Kier alpha value is -4.49. The van der Waals surface area contributed by atoms with Gasteiger partial charge in [-0.25, -0.2) is 9.79 Å². The molecule has 13 heteroatoms. The minimum absolute atomic E-state index is 0.0181. The molecule has 2 aromatic heterocycles. The summed E-state index contributed by atoms with van der Waals surface area (Å²) in [6, 6.07) is 12.7. The molecule has 0 saturated carbocycles. The number of esters is 1. The summed E-state index contributed by atoms with van der Waals surface area (Å²) in [6.07, 6.45) is 1.49. The van der Waals surface area contributed by atoms with Crippen molar-refractivity contribution in [1.29, 1.82) is 0 Å². The number of ether oxygens (including phenoxy) is 3. The predicted molar refractivity (Wildman–Crippen MR) is 158 cm³/mol. The summed E-state index contributed by atoms with van der Waals surface area (Å²) in [6.45, 7) is 3.49. The number of hydrogen-bond donors (Lipinski definition) is 0. The van der Waals surface area contributed by atoms with Gasteiger partial charge in [-0.1, -0.05) is 39.4 Å². The molecule has 3 heterocycles. The molecule has 2 aromatic carbocycles. The number of hydrogen-bond acceptors (Lipinski definition) is 10. The van der Waals surface area contributed by atoms with Gasteiger partial charge >= 0.3 is 11.7 Å². The first kappa shape index (κ1) is 29.0. The van der Waals surface area contributed by atoms with E-state index in [1.165, 1.54) is 37.0 Å². The number of benzene rings is 2. The van der Waals surface area contributed by atoms with Gasteiger partial charge in [-0.05, 0) is 44.2 Å². The number of nitro benzene ring substituents is 1. The van der Waals surface area contributed by atoms with Crippen LogP contribution in [0.5, 0.6) is 11.5 Å². The van der Waals surface area contributed by atoms with Crippen molar-refractivity contribution in [3.8, 4) is 22.8 Å². The molecule has 0 amide bonds. The highest BCUT2D eigenvalue weighted by Crippen LogP contribution is 2.36. The molecule has 5 rings (SSSR count). The third-order valence-corrected chi connectivity index (χ3v) is 8.07. The monoisotopic (exact) mass is 653 g/mol. The van der Waals surface area contributed by atoms with E-state index in [9.17, 15) is 19.7 Å². The summed E-state index contributed by atoms with van der Waals surface area (Å²) in [5.74, 6) is 0.563. The third-order valence-electron chi connectivity index (χ3n) is 6.56. The van der Waals surface area contributed by atoms with Crippen molar-refractivity contribution >= 4 is 45.0 Å². The van der Waals surface area contributed by atoms with Gasteiger partial charge in [0.1, 0.15) is 23.3 Å². The van der Waals surface area contributed by atoms with Gasteiger partial charge in [0, 0.05) is 27.7 Å². The lowest BCUT2D eigenvalue weighted by Gasteiger charge is -2.22. The van der Waals surface area contributed by atoms with Crippen LogP contribution in [0.25, 0.3) is 17.4 Å². The van der Waals surface area contributed by atoms with Crippen LogP contribution in [0.1, 0.15) is 31.2 Å². The molecule has 1 atom stereocenters. The maximum absolute atomic E-state index is 14.0. The number of carbonyl (C=O) groups is 1. The smallest absolute Gasteiger partial charge is 0.338 e. The normalized spacial score (nSPS) is 14.8. The lowest BCUT2D eigenvalue weighted by molar-refractivity contribution is -0.385. The summed E-state index contributed by atoms with van der Waals surface area (Å²) >= 11 is 4.50. The van der Waals surface area contributed by atoms with Crippen LogP contribution in [0.2, 0.25) is 0 Å². The number of furan rings is 1. The fourth-order valence-corrected chi connectivity index (χ4v) is 5.93. The summed E-state index contributed by atoms with van der Waals surface area (Å²) in [4.78, 5) is 43.1. The maximum atomic E-state index is 14.0. The Labute approximate surface area is 251 Å². The lowest BCUT2D eigenvalue weighted by atomic mass is 10.0. The Bertz CT molecular complexity index is 1920. The van der Waals surface area contributed by atoms with E-state index >= 15 is 0 Å². The summed E-state index contributed by atoms with van der Waals surface area (Å²) in [7, 11) is 2.73. The molecule has 4 aromatic rings. The number of thiazole rings is 1. The minimum Gasteiger partial charge on any atom is -0.496 e. The van der Waals surface area contributed by atoms with Crippen molar-refractivity contribution < 1.29 is 28.3 Å². The molecule has 0 fully saturated rings. The zero-order valence-electron chi connectivity index (χ0n) is 22.9. The van der Waals surface area contributed by atoms with Crippen LogP contribution in [-0.2, 0) is 9.53 Å². The van der Waals surface area contributed by atoms with Crippen LogP contribution >= 0.6 is 27.3 Å².